The molecule has 2 amide bonds. The van der Waals surface area contributed by atoms with E-state index in [9.17, 15) is 9.59 Å². The monoisotopic (exact) mass is 345 g/mol. The van der Waals surface area contributed by atoms with Crippen molar-refractivity contribution in [1.29, 1.82) is 0 Å². The smallest absolute Gasteiger partial charge is 0.252 e. The van der Waals surface area contributed by atoms with Gasteiger partial charge in [-0.1, -0.05) is 18.2 Å². The van der Waals surface area contributed by atoms with E-state index in [0.717, 1.165) is 17.8 Å². The van der Waals surface area contributed by atoms with Crippen LogP contribution in [0.1, 0.15) is 28.8 Å². The minimum absolute atomic E-state index is 0.0361. The van der Waals surface area contributed by atoms with Crippen LogP contribution in [0.3, 0.4) is 0 Å². The first-order chi connectivity index (χ1) is 11.6. The summed E-state index contributed by atoms with van der Waals surface area (Å²) in [5, 5.41) is 9.46. The summed E-state index contributed by atoms with van der Waals surface area (Å²) in [6.45, 7) is 1.26. The van der Waals surface area contributed by atoms with E-state index in [-0.39, 0.29) is 11.8 Å². The topological polar surface area (TPSA) is 61.4 Å². The van der Waals surface area contributed by atoms with Gasteiger partial charge < -0.3 is 15.5 Å². The Bertz CT molecular complexity index is 669. The molecule has 0 saturated carbocycles. The van der Waals surface area contributed by atoms with Gasteiger partial charge in [0.1, 0.15) is 0 Å². The Labute approximate surface area is 146 Å². The maximum absolute atomic E-state index is 12.1. The lowest BCUT2D eigenvalue weighted by Crippen LogP contribution is -2.25. The highest BCUT2D eigenvalue weighted by Gasteiger charge is 2.08. The van der Waals surface area contributed by atoms with E-state index >= 15 is 0 Å². The van der Waals surface area contributed by atoms with Crippen molar-refractivity contribution in [3.63, 3.8) is 0 Å². The van der Waals surface area contributed by atoms with Gasteiger partial charge in [0.2, 0.25) is 5.91 Å². The first-order valence-corrected chi connectivity index (χ1v) is 8.83. The Morgan fingerprint density at radius 1 is 1.17 bits per heavy atom. The highest BCUT2D eigenvalue weighted by molar-refractivity contribution is 7.08. The average Bonchev–Trinajstić information content (AvgIpc) is 3.07. The molecule has 0 spiro atoms. The fourth-order valence-electron chi connectivity index (χ4n) is 2.28. The number of hydrogen-bond acceptors (Lipinski definition) is 4. The second-order valence-electron chi connectivity index (χ2n) is 5.81. The van der Waals surface area contributed by atoms with Crippen molar-refractivity contribution >= 4 is 28.8 Å². The number of nitrogens with zero attached hydrogens (tertiary/aromatic N) is 1. The summed E-state index contributed by atoms with van der Waals surface area (Å²) in [7, 11) is 3.99. The van der Waals surface area contributed by atoms with Gasteiger partial charge in [0, 0.05) is 36.1 Å². The second kappa shape index (κ2) is 9.20. The number of amides is 2. The fraction of sp³-hybridized carbons (Fsp3) is 0.333. The summed E-state index contributed by atoms with van der Waals surface area (Å²) >= 11 is 1.49. The van der Waals surface area contributed by atoms with Crippen LogP contribution in [0.4, 0.5) is 5.69 Å². The van der Waals surface area contributed by atoms with Gasteiger partial charge in [-0.3, -0.25) is 9.59 Å². The molecule has 6 heteroatoms. The van der Waals surface area contributed by atoms with Crippen LogP contribution in [0.15, 0.2) is 41.1 Å². The zero-order valence-corrected chi connectivity index (χ0v) is 14.9. The van der Waals surface area contributed by atoms with Crippen LogP contribution in [-0.2, 0) is 11.3 Å². The summed E-state index contributed by atoms with van der Waals surface area (Å²) in [6.07, 6.45) is 0.984. The van der Waals surface area contributed by atoms with Crippen LogP contribution < -0.4 is 10.6 Å². The molecule has 2 aromatic rings. The number of nitrogens with one attached hydrogen (secondary N) is 2. The molecule has 2 N–H and O–H groups in total. The molecular formula is C18H23N3O2S. The molecule has 0 aliphatic heterocycles. The lowest BCUT2D eigenvalue weighted by molar-refractivity contribution is -0.116. The first-order valence-electron chi connectivity index (χ1n) is 7.89. The van der Waals surface area contributed by atoms with Gasteiger partial charge in [-0.05, 0) is 43.6 Å². The summed E-state index contributed by atoms with van der Waals surface area (Å²) in [4.78, 5) is 25.9. The second-order valence-corrected chi connectivity index (χ2v) is 6.59. The highest BCUT2D eigenvalue weighted by atomic mass is 32.1. The number of carbonyl (C=O) groups excluding carboxylic acids is 2. The molecule has 1 aromatic carbocycles. The predicted molar refractivity (Wildman–Crippen MR) is 98.3 cm³/mol. The van der Waals surface area contributed by atoms with Crippen LogP contribution in [-0.4, -0.2) is 37.4 Å². The van der Waals surface area contributed by atoms with E-state index in [0.29, 0.717) is 24.9 Å². The van der Waals surface area contributed by atoms with Crippen molar-refractivity contribution in [3.05, 3.63) is 52.2 Å². The Morgan fingerprint density at radius 3 is 2.67 bits per heavy atom. The van der Waals surface area contributed by atoms with Gasteiger partial charge in [-0.25, -0.2) is 0 Å². The van der Waals surface area contributed by atoms with E-state index in [1.54, 1.807) is 6.07 Å². The normalized spacial score (nSPS) is 10.6. The van der Waals surface area contributed by atoms with Gasteiger partial charge >= 0.3 is 0 Å². The number of para-hydroxylation sites is 1. The quantitative estimate of drug-likeness (QED) is 0.723. The molecular weight excluding hydrogens is 322 g/mol. The molecule has 0 aliphatic carbocycles. The Hall–Kier alpha value is -2.18. The molecule has 0 saturated heterocycles. The van der Waals surface area contributed by atoms with Crippen molar-refractivity contribution in [2.75, 3.05) is 26.0 Å². The largest absolute Gasteiger partial charge is 0.352 e. The first kappa shape index (κ1) is 18.2. The number of hydrogen-bond donors (Lipinski definition) is 2. The van der Waals surface area contributed by atoms with E-state index in [4.69, 9.17) is 0 Å². The maximum Gasteiger partial charge on any atom is 0.252 e. The van der Waals surface area contributed by atoms with Crippen molar-refractivity contribution in [2.45, 2.75) is 19.4 Å². The minimum Gasteiger partial charge on any atom is -0.352 e. The molecule has 2 rings (SSSR count). The van der Waals surface area contributed by atoms with E-state index in [2.05, 4.69) is 15.5 Å². The number of thiophene rings is 1. The van der Waals surface area contributed by atoms with Crippen molar-refractivity contribution < 1.29 is 9.59 Å². The summed E-state index contributed by atoms with van der Waals surface area (Å²) in [6, 6.07) is 9.59. The number of benzene rings is 1. The van der Waals surface area contributed by atoms with E-state index in [1.165, 1.54) is 11.3 Å². The molecule has 24 heavy (non-hydrogen) atoms. The summed E-state index contributed by atoms with van der Waals surface area (Å²) < 4.78 is 0. The SMILES string of the molecule is CN(C)Cc1ccccc1NC(=O)CCCNC(=O)c1ccsc1. The number of anilines is 1. The maximum atomic E-state index is 12.1. The van der Waals surface area contributed by atoms with Gasteiger partial charge in [-0.15, -0.1) is 0 Å². The van der Waals surface area contributed by atoms with Gasteiger partial charge in [-0.2, -0.15) is 11.3 Å². The van der Waals surface area contributed by atoms with E-state index < -0.39 is 0 Å². The molecule has 0 aliphatic rings. The molecule has 1 aromatic heterocycles. The Balaban J connectivity index is 1.75. The van der Waals surface area contributed by atoms with Crippen molar-refractivity contribution in [2.24, 2.45) is 0 Å². The van der Waals surface area contributed by atoms with Crippen LogP contribution in [0, 0.1) is 0 Å². The van der Waals surface area contributed by atoms with Crippen LogP contribution >= 0.6 is 11.3 Å². The lowest BCUT2D eigenvalue weighted by Gasteiger charge is -2.14. The van der Waals surface area contributed by atoms with Crippen LogP contribution in [0.25, 0.3) is 0 Å². The van der Waals surface area contributed by atoms with E-state index in [1.807, 2.05) is 49.1 Å². The third kappa shape index (κ3) is 5.79. The Kier molecular flexibility index (Phi) is 6.96. The van der Waals surface area contributed by atoms with Crippen molar-refractivity contribution in [3.8, 4) is 0 Å². The molecule has 5 nitrogen and oxygen atoms in total. The lowest BCUT2D eigenvalue weighted by atomic mass is 10.1. The third-order valence-electron chi connectivity index (χ3n) is 3.43. The third-order valence-corrected chi connectivity index (χ3v) is 4.11. The molecule has 0 unspecified atom stereocenters. The summed E-state index contributed by atoms with van der Waals surface area (Å²) in [5.41, 5.74) is 2.60. The molecule has 0 atom stereocenters. The highest BCUT2D eigenvalue weighted by Crippen LogP contribution is 2.16. The van der Waals surface area contributed by atoms with Gasteiger partial charge in [0.05, 0.1) is 0 Å². The standard InChI is InChI=1S/C18H23N3O2S/c1-21(2)12-14-6-3-4-7-16(14)20-17(22)8-5-10-19-18(23)15-9-11-24-13-15/h3-4,6-7,9,11,13H,5,8,10,12H2,1-2H3,(H,19,23)(H,20,22). The molecule has 1 heterocycles. The Morgan fingerprint density at radius 2 is 1.96 bits per heavy atom. The molecule has 0 fully saturated rings. The zero-order chi connectivity index (χ0) is 17.4. The molecule has 0 bridgehead atoms. The molecule has 128 valence electrons. The molecule has 0 radical (unpaired) electrons. The summed E-state index contributed by atoms with van der Waals surface area (Å²) in [5.74, 6) is -0.126. The predicted octanol–water partition coefficient (Wildman–Crippen LogP) is 2.96. The average molecular weight is 345 g/mol. The zero-order valence-electron chi connectivity index (χ0n) is 14.0. The number of carbonyl (C=O) groups is 2. The van der Waals surface area contributed by atoms with Crippen LogP contribution in [0.2, 0.25) is 0 Å². The number of rotatable bonds is 8. The van der Waals surface area contributed by atoms with Gasteiger partial charge in [0.25, 0.3) is 5.91 Å². The van der Waals surface area contributed by atoms with Crippen molar-refractivity contribution in [1.82, 2.24) is 10.2 Å². The minimum atomic E-state index is -0.0898. The van der Waals surface area contributed by atoms with Crippen LogP contribution in [0.5, 0.6) is 0 Å². The van der Waals surface area contributed by atoms with Gasteiger partial charge in [0.15, 0.2) is 0 Å². The fourth-order valence-corrected chi connectivity index (χ4v) is 2.92.